The van der Waals surface area contributed by atoms with Gasteiger partial charge in [-0.3, -0.25) is 4.79 Å². The fraction of sp³-hybridized carbons (Fsp3) is 0.0714. The van der Waals surface area contributed by atoms with E-state index in [0.29, 0.717) is 28.6 Å². The third kappa shape index (κ3) is 3.39. The van der Waals surface area contributed by atoms with Crippen molar-refractivity contribution in [3.8, 4) is 5.75 Å². The van der Waals surface area contributed by atoms with Gasteiger partial charge in [0, 0.05) is 16.8 Å². The SMILES string of the molecule is NC(=O)c1ccc(N)cc1OCc1ccc(Cl)cc1. The van der Waals surface area contributed by atoms with Crippen LogP contribution in [-0.2, 0) is 6.61 Å². The number of halogens is 1. The van der Waals surface area contributed by atoms with Gasteiger partial charge in [-0.1, -0.05) is 23.7 Å². The maximum Gasteiger partial charge on any atom is 0.252 e. The Morgan fingerprint density at radius 1 is 1.16 bits per heavy atom. The van der Waals surface area contributed by atoms with Crippen molar-refractivity contribution in [2.24, 2.45) is 5.73 Å². The van der Waals surface area contributed by atoms with Gasteiger partial charge < -0.3 is 16.2 Å². The average molecular weight is 277 g/mol. The Bertz CT molecular complexity index is 597. The van der Waals surface area contributed by atoms with Crippen LogP contribution in [0.3, 0.4) is 0 Å². The molecule has 0 bridgehead atoms. The summed E-state index contributed by atoms with van der Waals surface area (Å²) >= 11 is 5.80. The Hall–Kier alpha value is -2.20. The first kappa shape index (κ1) is 13.2. The van der Waals surface area contributed by atoms with Crippen molar-refractivity contribution in [1.29, 1.82) is 0 Å². The Labute approximate surface area is 115 Å². The van der Waals surface area contributed by atoms with Crippen LogP contribution in [0.2, 0.25) is 5.02 Å². The molecule has 0 aliphatic carbocycles. The number of ether oxygens (including phenoxy) is 1. The highest BCUT2D eigenvalue weighted by atomic mass is 35.5. The van der Waals surface area contributed by atoms with E-state index in [2.05, 4.69) is 0 Å². The van der Waals surface area contributed by atoms with Gasteiger partial charge in [0.1, 0.15) is 12.4 Å². The predicted octanol–water partition coefficient (Wildman–Crippen LogP) is 2.60. The van der Waals surface area contributed by atoms with Gasteiger partial charge in [0.25, 0.3) is 5.91 Å². The van der Waals surface area contributed by atoms with Crippen molar-refractivity contribution in [2.45, 2.75) is 6.61 Å². The largest absolute Gasteiger partial charge is 0.488 e. The monoisotopic (exact) mass is 276 g/mol. The minimum absolute atomic E-state index is 0.306. The van der Waals surface area contributed by atoms with Gasteiger partial charge >= 0.3 is 0 Å². The van der Waals surface area contributed by atoms with Crippen molar-refractivity contribution in [3.63, 3.8) is 0 Å². The van der Waals surface area contributed by atoms with Gasteiger partial charge in [0.2, 0.25) is 0 Å². The zero-order valence-electron chi connectivity index (χ0n) is 10.1. The van der Waals surface area contributed by atoms with E-state index in [9.17, 15) is 4.79 Å². The molecule has 19 heavy (non-hydrogen) atoms. The topological polar surface area (TPSA) is 78.3 Å². The van der Waals surface area contributed by atoms with Gasteiger partial charge in [-0.15, -0.1) is 0 Å². The van der Waals surface area contributed by atoms with Crippen LogP contribution in [0.25, 0.3) is 0 Å². The van der Waals surface area contributed by atoms with Gasteiger partial charge in [-0.25, -0.2) is 0 Å². The fourth-order valence-electron chi connectivity index (χ4n) is 1.60. The zero-order valence-corrected chi connectivity index (χ0v) is 10.9. The summed E-state index contributed by atoms with van der Waals surface area (Å²) in [6.07, 6.45) is 0. The summed E-state index contributed by atoms with van der Waals surface area (Å²) in [5, 5.41) is 0.658. The lowest BCUT2D eigenvalue weighted by Crippen LogP contribution is -2.13. The molecule has 4 nitrogen and oxygen atoms in total. The maximum atomic E-state index is 11.3. The lowest BCUT2D eigenvalue weighted by atomic mass is 10.1. The highest BCUT2D eigenvalue weighted by Gasteiger charge is 2.09. The number of benzene rings is 2. The van der Waals surface area contributed by atoms with E-state index in [1.165, 1.54) is 0 Å². The third-order valence-corrected chi connectivity index (χ3v) is 2.83. The smallest absolute Gasteiger partial charge is 0.252 e. The van der Waals surface area contributed by atoms with E-state index < -0.39 is 5.91 Å². The second-order valence-electron chi connectivity index (χ2n) is 4.03. The Morgan fingerprint density at radius 2 is 1.84 bits per heavy atom. The van der Waals surface area contributed by atoms with Crippen LogP contribution in [0.15, 0.2) is 42.5 Å². The number of primary amides is 1. The van der Waals surface area contributed by atoms with Crippen molar-refractivity contribution < 1.29 is 9.53 Å². The Balaban J connectivity index is 2.16. The molecule has 0 heterocycles. The van der Waals surface area contributed by atoms with Crippen molar-refractivity contribution in [3.05, 3.63) is 58.6 Å². The molecular formula is C14H13ClN2O2. The lowest BCUT2D eigenvalue weighted by molar-refractivity contribution is 0.0996. The molecule has 0 saturated heterocycles. The molecule has 0 saturated carbocycles. The minimum atomic E-state index is -0.550. The van der Waals surface area contributed by atoms with Crippen LogP contribution in [0.5, 0.6) is 5.75 Å². The first-order chi connectivity index (χ1) is 9.06. The number of nitrogen functional groups attached to an aromatic ring is 1. The Morgan fingerprint density at radius 3 is 2.47 bits per heavy atom. The summed E-state index contributed by atoms with van der Waals surface area (Å²) in [5.74, 6) is -0.173. The highest BCUT2D eigenvalue weighted by Crippen LogP contribution is 2.22. The molecular weight excluding hydrogens is 264 g/mol. The van der Waals surface area contributed by atoms with E-state index in [0.717, 1.165) is 5.56 Å². The molecule has 0 aliphatic heterocycles. The average Bonchev–Trinajstić information content (AvgIpc) is 2.38. The number of anilines is 1. The third-order valence-electron chi connectivity index (χ3n) is 2.58. The summed E-state index contributed by atoms with van der Waals surface area (Å²) in [6.45, 7) is 0.306. The lowest BCUT2D eigenvalue weighted by Gasteiger charge is -2.10. The quantitative estimate of drug-likeness (QED) is 0.843. The standard InChI is InChI=1S/C14H13ClN2O2/c15-10-3-1-9(2-4-10)8-19-13-7-11(16)5-6-12(13)14(17)18/h1-7H,8,16H2,(H2,17,18). The second kappa shape index (κ2) is 5.63. The molecule has 0 spiro atoms. The highest BCUT2D eigenvalue weighted by molar-refractivity contribution is 6.30. The van der Waals surface area contributed by atoms with Crippen LogP contribution < -0.4 is 16.2 Å². The molecule has 0 aromatic heterocycles. The van der Waals surface area contributed by atoms with Gasteiger partial charge in [0.15, 0.2) is 0 Å². The second-order valence-corrected chi connectivity index (χ2v) is 4.47. The normalized spacial score (nSPS) is 10.2. The first-order valence-corrected chi connectivity index (χ1v) is 6.00. The molecule has 2 rings (SSSR count). The van der Waals surface area contributed by atoms with E-state index in [-0.39, 0.29) is 0 Å². The van der Waals surface area contributed by atoms with Gasteiger partial charge in [-0.2, -0.15) is 0 Å². The number of nitrogens with two attached hydrogens (primary N) is 2. The number of carbonyl (C=O) groups is 1. The van der Waals surface area contributed by atoms with Crippen LogP contribution in [0.4, 0.5) is 5.69 Å². The summed E-state index contributed by atoms with van der Waals surface area (Å²) in [5.41, 5.74) is 12.7. The Kier molecular flexibility index (Phi) is 3.92. The molecule has 0 unspecified atom stereocenters. The molecule has 2 aromatic carbocycles. The van der Waals surface area contributed by atoms with Crippen molar-refractivity contribution in [1.82, 2.24) is 0 Å². The van der Waals surface area contributed by atoms with Crippen molar-refractivity contribution >= 4 is 23.2 Å². The number of rotatable bonds is 4. The zero-order chi connectivity index (χ0) is 13.8. The van der Waals surface area contributed by atoms with Crippen LogP contribution >= 0.6 is 11.6 Å². The van der Waals surface area contributed by atoms with E-state index in [1.807, 2.05) is 12.1 Å². The van der Waals surface area contributed by atoms with E-state index >= 15 is 0 Å². The van der Waals surface area contributed by atoms with Gasteiger partial charge in [-0.05, 0) is 29.8 Å². The summed E-state index contributed by atoms with van der Waals surface area (Å²) in [6, 6.07) is 12.0. The first-order valence-electron chi connectivity index (χ1n) is 5.63. The number of hydrogen-bond acceptors (Lipinski definition) is 3. The molecule has 98 valence electrons. The van der Waals surface area contributed by atoms with E-state index in [4.69, 9.17) is 27.8 Å². The molecule has 4 N–H and O–H groups in total. The number of amides is 1. The van der Waals surface area contributed by atoms with Crippen molar-refractivity contribution in [2.75, 3.05) is 5.73 Å². The maximum absolute atomic E-state index is 11.3. The van der Waals surface area contributed by atoms with Crippen LogP contribution in [0.1, 0.15) is 15.9 Å². The minimum Gasteiger partial charge on any atom is -0.488 e. The molecule has 0 atom stereocenters. The number of hydrogen-bond donors (Lipinski definition) is 2. The molecule has 2 aromatic rings. The summed E-state index contributed by atoms with van der Waals surface area (Å²) < 4.78 is 5.58. The molecule has 1 amide bonds. The predicted molar refractivity (Wildman–Crippen MR) is 75.2 cm³/mol. The fourth-order valence-corrected chi connectivity index (χ4v) is 1.73. The molecule has 5 heteroatoms. The van der Waals surface area contributed by atoms with Crippen LogP contribution in [-0.4, -0.2) is 5.91 Å². The molecule has 0 aliphatic rings. The summed E-state index contributed by atoms with van der Waals surface area (Å²) in [4.78, 5) is 11.3. The summed E-state index contributed by atoms with van der Waals surface area (Å²) in [7, 11) is 0. The van der Waals surface area contributed by atoms with E-state index in [1.54, 1.807) is 30.3 Å². The molecule has 0 radical (unpaired) electrons. The molecule has 0 fully saturated rings. The number of carbonyl (C=O) groups excluding carboxylic acids is 1. The van der Waals surface area contributed by atoms with Gasteiger partial charge in [0.05, 0.1) is 5.56 Å². The van der Waals surface area contributed by atoms with Crippen LogP contribution in [0, 0.1) is 0 Å².